The molecule has 1 saturated heterocycles. The van der Waals surface area contributed by atoms with Crippen LogP contribution >= 0.6 is 23.2 Å². The van der Waals surface area contributed by atoms with Crippen molar-refractivity contribution in [2.45, 2.75) is 62.3 Å². The number of piperidine rings is 1. The maximum absolute atomic E-state index is 14.3. The Labute approximate surface area is 233 Å². The number of hydrogen-bond donors (Lipinski definition) is 1. The molecule has 38 heavy (non-hydrogen) atoms. The van der Waals surface area contributed by atoms with Crippen molar-refractivity contribution in [1.29, 1.82) is 0 Å². The van der Waals surface area contributed by atoms with E-state index in [1.165, 1.54) is 4.31 Å². The molecule has 0 aromatic heterocycles. The van der Waals surface area contributed by atoms with Gasteiger partial charge in [0.1, 0.15) is 0 Å². The summed E-state index contributed by atoms with van der Waals surface area (Å²) in [6.07, 6.45) is 2.46. The van der Waals surface area contributed by atoms with E-state index in [-0.39, 0.29) is 30.0 Å². The van der Waals surface area contributed by atoms with E-state index in [1.807, 2.05) is 37.3 Å². The predicted molar refractivity (Wildman–Crippen MR) is 147 cm³/mol. The first-order valence-corrected chi connectivity index (χ1v) is 15.3. The zero-order chi connectivity index (χ0) is 27.4. The van der Waals surface area contributed by atoms with E-state index < -0.39 is 39.4 Å². The van der Waals surface area contributed by atoms with Gasteiger partial charge in [0.15, 0.2) is 0 Å². The van der Waals surface area contributed by atoms with E-state index >= 15 is 0 Å². The number of sulfonamides is 1. The molecule has 3 aliphatic rings. The third kappa shape index (κ3) is 4.85. The molecule has 2 aromatic rings. The lowest BCUT2D eigenvalue weighted by Crippen LogP contribution is -2.56. The molecule has 7 nitrogen and oxygen atoms in total. The number of carboxylic acids is 1. The van der Waals surface area contributed by atoms with Crippen LogP contribution in [-0.4, -0.2) is 59.5 Å². The largest absolute Gasteiger partial charge is 0.481 e. The fraction of sp³-hybridized carbons (Fsp3) is 0.500. The van der Waals surface area contributed by atoms with Crippen molar-refractivity contribution >= 4 is 45.1 Å². The first-order valence-electron chi connectivity index (χ1n) is 13.0. The number of likely N-dealkylation sites (N-methyl/N-ethyl adjacent to an activating group) is 1. The zero-order valence-corrected chi connectivity index (χ0v) is 23.7. The number of aliphatic carboxylic acids is 1. The molecule has 1 aliphatic heterocycles. The molecule has 1 N–H and O–H groups in total. The Morgan fingerprint density at radius 3 is 2.34 bits per heavy atom. The van der Waals surface area contributed by atoms with Gasteiger partial charge in [0.25, 0.3) is 0 Å². The Hall–Kier alpha value is -2.13. The molecule has 1 amide bonds. The maximum atomic E-state index is 14.3. The monoisotopic (exact) mass is 578 g/mol. The molecular formula is C28H32Cl2N2O5S. The molecule has 2 aromatic carbocycles. The molecule has 2 saturated carbocycles. The second-order valence-electron chi connectivity index (χ2n) is 10.9. The van der Waals surface area contributed by atoms with Gasteiger partial charge in [0.05, 0.1) is 22.6 Å². The van der Waals surface area contributed by atoms with E-state index in [4.69, 9.17) is 23.2 Å². The van der Waals surface area contributed by atoms with Gasteiger partial charge in [-0.3, -0.25) is 9.59 Å². The molecule has 1 unspecified atom stereocenters. The van der Waals surface area contributed by atoms with E-state index in [9.17, 15) is 23.1 Å². The summed E-state index contributed by atoms with van der Waals surface area (Å²) in [5, 5.41) is 10.7. The van der Waals surface area contributed by atoms with Crippen LogP contribution in [0.2, 0.25) is 10.0 Å². The third-order valence-corrected chi connectivity index (χ3v) is 11.3. The standard InChI is InChI=1S/C28H32Cl2N2O5S/c1-3-21(16-31(2)38(36,37)22-11-12-22)32-25(17-7-9-19(29)10-8-17)23(18-5-4-6-20(30)13-18)14-28(27(32)35)15-24(28)26(33)34/h4-10,13,21-25H,3,11-12,14-16H2,1-2H3,(H,33,34)/t21?,23-,24+,25-,28+/m1/s1. The van der Waals surface area contributed by atoms with Crippen molar-refractivity contribution in [2.24, 2.45) is 11.3 Å². The van der Waals surface area contributed by atoms with Gasteiger partial charge in [-0.25, -0.2) is 12.7 Å². The molecule has 2 aliphatic carbocycles. The third-order valence-electron chi connectivity index (χ3n) is 8.50. The Kier molecular flexibility index (Phi) is 7.31. The molecule has 10 heteroatoms. The number of amides is 1. The number of rotatable bonds is 9. The highest BCUT2D eigenvalue weighted by atomic mass is 35.5. The molecule has 5 rings (SSSR count). The summed E-state index contributed by atoms with van der Waals surface area (Å²) in [6, 6.07) is 13.9. The van der Waals surface area contributed by atoms with Crippen molar-refractivity contribution in [3.63, 3.8) is 0 Å². The average molecular weight is 580 g/mol. The highest BCUT2D eigenvalue weighted by Crippen LogP contribution is 2.65. The van der Waals surface area contributed by atoms with Gasteiger partial charge in [0, 0.05) is 35.6 Å². The number of benzene rings is 2. The van der Waals surface area contributed by atoms with Gasteiger partial charge < -0.3 is 10.0 Å². The fourth-order valence-corrected chi connectivity index (χ4v) is 8.12. The normalized spacial score (nSPS) is 28.1. The van der Waals surface area contributed by atoms with E-state index in [2.05, 4.69) is 0 Å². The summed E-state index contributed by atoms with van der Waals surface area (Å²) in [5.74, 6) is -2.20. The van der Waals surface area contributed by atoms with Crippen LogP contribution in [0.3, 0.4) is 0 Å². The first-order chi connectivity index (χ1) is 18.0. The van der Waals surface area contributed by atoms with Gasteiger partial charge >= 0.3 is 5.97 Å². The Bertz CT molecular complexity index is 1350. The van der Waals surface area contributed by atoms with Gasteiger partial charge in [-0.1, -0.05) is 54.4 Å². The van der Waals surface area contributed by atoms with Crippen LogP contribution in [0, 0.1) is 11.3 Å². The van der Waals surface area contributed by atoms with Gasteiger partial charge in [-0.2, -0.15) is 0 Å². The molecule has 5 atom stereocenters. The quantitative estimate of drug-likeness (QED) is 0.433. The van der Waals surface area contributed by atoms with Crippen molar-refractivity contribution in [1.82, 2.24) is 9.21 Å². The van der Waals surface area contributed by atoms with E-state index in [0.717, 1.165) is 11.1 Å². The lowest BCUT2D eigenvalue weighted by Gasteiger charge is -2.49. The second-order valence-corrected chi connectivity index (χ2v) is 14.1. The van der Waals surface area contributed by atoms with Crippen molar-refractivity contribution in [3.8, 4) is 0 Å². The van der Waals surface area contributed by atoms with Crippen LogP contribution in [0.1, 0.15) is 62.1 Å². The van der Waals surface area contributed by atoms with Crippen molar-refractivity contribution in [2.75, 3.05) is 13.6 Å². The van der Waals surface area contributed by atoms with Crippen molar-refractivity contribution < 1.29 is 23.1 Å². The highest BCUT2D eigenvalue weighted by molar-refractivity contribution is 7.90. The van der Waals surface area contributed by atoms with Gasteiger partial charge in [0.2, 0.25) is 15.9 Å². The van der Waals surface area contributed by atoms with Gasteiger partial charge in [-0.15, -0.1) is 0 Å². The average Bonchev–Trinajstić information content (AvgIpc) is 3.80. The summed E-state index contributed by atoms with van der Waals surface area (Å²) >= 11 is 12.6. The van der Waals surface area contributed by atoms with E-state index in [0.29, 0.717) is 35.7 Å². The van der Waals surface area contributed by atoms with Gasteiger partial charge in [-0.05, 0) is 67.5 Å². The lowest BCUT2D eigenvalue weighted by molar-refractivity contribution is -0.154. The van der Waals surface area contributed by atoms with E-state index in [1.54, 1.807) is 30.1 Å². The molecule has 1 heterocycles. The maximum Gasteiger partial charge on any atom is 0.307 e. The summed E-state index contributed by atoms with van der Waals surface area (Å²) in [4.78, 5) is 28.2. The smallest absolute Gasteiger partial charge is 0.307 e. The number of hydrogen-bond acceptors (Lipinski definition) is 4. The zero-order valence-electron chi connectivity index (χ0n) is 21.4. The number of nitrogens with zero attached hydrogens (tertiary/aromatic N) is 2. The minimum absolute atomic E-state index is 0.140. The van der Waals surface area contributed by atoms with Crippen LogP contribution in [0.25, 0.3) is 0 Å². The highest BCUT2D eigenvalue weighted by Gasteiger charge is 2.69. The minimum atomic E-state index is -3.46. The Morgan fingerprint density at radius 2 is 1.79 bits per heavy atom. The van der Waals surface area contributed by atoms with Crippen LogP contribution in [0.4, 0.5) is 0 Å². The number of likely N-dealkylation sites (tertiary alicyclic amines) is 1. The molecule has 204 valence electrons. The molecular weight excluding hydrogens is 547 g/mol. The minimum Gasteiger partial charge on any atom is -0.481 e. The number of carboxylic acid groups (broad SMARTS) is 1. The summed E-state index contributed by atoms with van der Waals surface area (Å²) < 4.78 is 27.4. The molecule has 0 radical (unpaired) electrons. The Balaban J connectivity index is 1.63. The number of carbonyl (C=O) groups is 2. The summed E-state index contributed by atoms with van der Waals surface area (Å²) in [5.41, 5.74) is 0.753. The topological polar surface area (TPSA) is 95.0 Å². The summed E-state index contributed by atoms with van der Waals surface area (Å²) in [6.45, 7) is 2.08. The fourth-order valence-electron chi connectivity index (χ4n) is 6.18. The predicted octanol–water partition coefficient (Wildman–Crippen LogP) is 5.34. The van der Waals surface area contributed by atoms with Crippen LogP contribution in [0.15, 0.2) is 48.5 Å². The number of carbonyl (C=O) groups excluding carboxylic acids is 1. The van der Waals surface area contributed by atoms with Crippen LogP contribution in [-0.2, 0) is 19.6 Å². The van der Waals surface area contributed by atoms with Crippen LogP contribution in [0.5, 0.6) is 0 Å². The molecule has 0 bridgehead atoms. The second kappa shape index (κ2) is 10.1. The Morgan fingerprint density at radius 1 is 1.11 bits per heavy atom. The first kappa shape index (κ1) is 27.4. The SMILES string of the molecule is CCC(CN(C)S(=O)(=O)C1CC1)N1C(=O)[C@@]2(C[C@H](c3cccc(Cl)c3)[C@H]1c1ccc(Cl)cc1)C[C@H]2C(=O)O. The van der Waals surface area contributed by atoms with Crippen molar-refractivity contribution in [3.05, 3.63) is 69.7 Å². The van der Waals surface area contributed by atoms with Crippen LogP contribution < -0.4 is 0 Å². The molecule has 1 spiro atoms. The molecule has 3 fully saturated rings. The number of halogens is 2. The summed E-state index contributed by atoms with van der Waals surface area (Å²) in [7, 11) is -1.88. The lowest BCUT2D eigenvalue weighted by atomic mass is 9.72.